The summed E-state index contributed by atoms with van der Waals surface area (Å²) in [6.45, 7) is 10.5. The number of aromatic nitrogens is 2. The molecule has 1 aliphatic rings. The highest BCUT2D eigenvalue weighted by Gasteiger charge is 2.18. The molecule has 22 heavy (non-hydrogen) atoms. The molecule has 2 heterocycles. The fraction of sp³-hybridized carbons (Fsp3) is 0.471. The summed E-state index contributed by atoms with van der Waals surface area (Å²) in [7, 11) is 0. The van der Waals surface area contributed by atoms with Crippen molar-refractivity contribution in [1.29, 1.82) is 0 Å². The first-order chi connectivity index (χ1) is 10.7. The molecule has 1 aromatic carbocycles. The van der Waals surface area contributed by atoms with Gasteiger partial charge in [0.2, 0.25) is 0 Å². The molecule has 0 aliphatic carbocycles. The van der Waals surface area contributed by atoms with Gasteiger partial charge >= 0.3 is 0 Å². The van der Waals surface area contributed by atoms with Crippen LogP contribution < -0.4 is 10.6 Å². The van der Waals surface area contributed by atoms with E-state index in [9.17, 15) is 0 Å². The predicted molar refractivity (Wildman–Crippen MR) is 91.0 cm³/mol. The number of hydrogen-bond acceptors (Lipinski definition) is 4. The summed E-state index contributed by atoms with van der Waals surface area (Å²) < 4.78 is 2.07. The van der Waals surface area contributed by atoms with Crippen molar-refractivity contribution in [3.63, 3.8) is 0 Å². The van der Waals surface area contributed by atoms with Gasteiger partial charge in [-0.2, -0.15) is 5.10 Å². The van der Waals surface area contributed by atoms with Gasteiger partial charge in [0.05, 0.1) is 6.20 Å². The van der Waals surface area contributed by atoms with E-state index in [2.05, 4.69) is 45.6 Å². The number of nitrogen functional groups attached to an aromatic ring is 1. The Bertz CT molecular complexity index is 608. The second-order valence-electron chi connectivity index (χ2n) is 5.93. The molecule has 3 rings (SSSR count). The largest absolute Gasteiger partial charge is 0.399 e. The molecule has 118 valence electrons. The lowest BCUT2D eigenvalue weighted by Crippen LogP contribution is -2.46. The van der Waals surface area contributed by atoms with Crippen LogP contribution in [0, 0.1) is 6.92 Å². The van der Waals surface area contributed by atoms with E-state index in [1.54, 1.807) is 0 Å². The van der Waals surface area contributed by atoms with E-state index in [-0.39, 0.29) is 0 Å². The summed E-state index contributed by atoms with van der Waals surface area (Å²) in [6.07, 6.45) is 2.02. The van der Waals surface area contributed by atoms with E-state index < -0.39 is 0 Å². The molecule has 5 heteroatoms. The summed E-state index contributed by atoms with van der Waals surface area (Å²) in [5.41, 5.74) is 10.5. The quantitative estimate of drug-likeness (QED) is 0.879. The molecule has 0 spiro atoms. The maximum atomic E-state index is 5.76. The number of hydrogen-bond donors (Lipinski definition) is 1. The van der Waals surface area contributed by atoms with Crippen molar-refractivity contribution in [3.05, 3.63) is 41.7 Å². The maximum absolute atomic E-state index is 5.76. The zero-order valence-corrected chi connectivity index (χ0v) is 13.5. The molecule has 0 saturated carbocycles. The van der Waals surface area contributed by atoms with E-state index in [1.807, 2.05) is 18.3 Å². The standard InChI is InChI=1S/C17H25N5/c1-3-22-14(2)15(12-19-22)13-20-8-10-21(11-9-20)17-6-4-16(18)5-7-17/h4-7,12H,3,8-11,13,18H2,1-2H3. The topological polar surface area (TPSA) is 50.3 Å². The molecular formula is C17H25N5. The van der Waals surface area contributed by atoms with Crippen LogP contribution >= 0.6 is 0 Å². The third-order valence-corrected chi connectivity index (χ3v) is 4.53. The van der Waals surface area contributed by atoms with Crippen molar-refractivity contribution in [2.45, 2.75) is 26.9 Å². The molecule has 1 saturated heterocycles. The molecule has 2 N–H and O–H groups in total. The van der Waals surface area contributed by atoms with Gasteiger partial charge in [0.1, 0.15) is 0 Å². The number of rotatable bonds is 4. The van der Waals surface area contributed by atoms with Crippen LogP contribution in [0.5, 0.6) is 0 Å². The van der Waals surface area contributed by atoms with Gasteiger partial charge < -0.3 is 10.6 Å². The Balaban J connectivity index is 1.57. The average molecular weight is 299 g/mol. The van der Waals surface area contributed by atoms with Crippen molar-refractivity contribution in [1.82, 2.24) is 14.7 Å². The van der Waals surface area contributed by atoms with E-state index in [4.69, 9.17) is 5.73 Å². The molecule has 0 atom stereocenters. The van der Waals surface area contributed by atoms with Crippen molar-refractivity contribution < 1.29 is 0 Å². The summed E-state index contributed by atoms with van der Waals surface area (Å²) in [5.74, 6) is 0. The predicted octanol–water partition coefficient (Wildman–Crippen LogP) is 2.12. The monoisotopic (exact) mass is 299 g/mol. The molecule has 1 fully saturated rings. The Kier molecular flexibility index (Phi) is 4.34. The van der Waals surface area contributed by atoms with Gasteiger partial charge in [-0.05, 0) is 38.1 Å². The van der Waals surface area contributed by atoms with Crippen LogP contribution in [0.25, 0.3) is 0 Å². The molecule has 0 bridgehead atoms. The molecule has 5 nitrogen and oxygen atoms in total. The Labute approximate surface area is 132 Å². The minimum atomic E-state index is 0.825. The molecule has 1 aromatic heterocycles. The summed E-state index contributed by atoms with van der Waals surface area (Å²) in [4.78, 5) is 4.94. The third kappa shape index (κ3) is 3.09. The van der Waals surface area contributed by atoms with Crippen LogP contribution in [-0.2, 0) is 13.1 Å². The SMILES string of the molecule is CCn1ncc(CN2CCN(c3ccc(N)cc3)CC2)c1C. The van der Waals surface area contributed by atoms with Crippen LogP contribution in [0.2, 0.25) is 0 Å². The van der Waals surface area contributed by atoms with Gasteiger partial charge in [0.15, 0.2) is 0 Å². The van der Waals surface area contributed by atoms with Gasteiger partial charge in [-0.1, -0.05) is 0 Å². The first-order valence-electron chi connectivity index (χ1n) is 8.01. The van der Waals surface area contributed by atoms with Gasteiger partial charge in [-0.15, -0.1) is 0 Å². The Morgan fingerprint density at radius 2 is 1.77 bits per heavy atom. The van der Waals surface area contributed by atoms with E-state index in [1.165, 1.54) is 16.9 Å². The van der Waals surface area contributed by atoms with Gasteiger partial charge in [0.25, 0.3) is 0 Å². The fourth-order valence-corrected chi connectivity index (χ4v) is 3.05. The van der Waals surface area contributed by atoms with Crippen molar-refractivity contribution >= 4 is 11.4 Å². The Morgan fingerprint density at radius 1 is 1.09 bits per heavy atom. The maximum Gasteiger partial charge on any atom is 0.0537 e. The van der Waals surface area contributed by atoms with Crippen LogP contribution in [0.1, 0.15) is 18.2 Å². The normalized spacial score (nSPS) is 16.2. The van der Waals surface area contributed by atoms with Gasteiger partial charge in [-0.25, -0.2) is 0 Å². The zero-order valence-electron chi connectivity index (χ0n) is 13.5. The number of nitrogens with zero attached hydrogens (tertiary/aromatic N) is 4. The second kappa shape index (κ2) is 6.40. The van der Waals surface area contributed by atoms with Crippen LogP contribution in [0.4, 0.5) is 11.4 Å². The van der Waals surface area contributed by atoms with Crippen molar-refractivity contribution in [3.8, 4) is 0 Å². The Hall–Kier alpha value is -2.01. The molecular weight excluding hydrogens is 274 g/mol. The van der Waals surface area contributed by atoms with Crippen molar-refractivity contribution in [2.24, 2.45) is 0 Å². The Morgan fingerprint density at radius 3 is 2.36 bits per heavy atom. The second-order valence-corrected chi connectivity index (χ2v) is 5.93. The molecule has 2 aromatic rings. The smallest absolute Gasteiger partial charge is 0.0537 e. The molecule has 0 radical (unpaired) electrons. The fourth-order valence-electron chi connectivity index (χ4n) is 3.05. The lowest BCUT2D eigenvalue weighted by Gasteiger charge is -2.36. The summed E-state index contributed by atoms with van der Waals surface area (Å²) in [6, 6.07) is 8.18. The minimum Gasteiger partial charge on any atom is -0.399 e. The van der Waals surface area contributed by atoms with Crippen LogP contribution in [0.15, 0.2) is 30.5 Å². The van der Waals surface area contributed by atoms with Crippen LogP contribution in [-0.4, -0.2) is 40.9 Å². The number of aryl methyl sites for hydroxylation is 1. The minimum absolute atomic E-state index is 0.825. The van der Waals surface area contributed by atoms with E-state index in [0.29, 0.717) is 0 Å². The van der Waals surface area contributed by atoms with Gasteiger partial charge in [0, 0.05) is 61.9 Å². The average Bonchev–Trinajstić information content (AvgIpc) is 2.89. The number of nitrogens with two attached hydrogens (primary N) is 1. The molecule has 0 amide bonds. The lowest BCUT2D eigenvalue weighted by atomic mass is 10.2. The summed E-state index contributed by atoms with van der Waals surface area (Å²) in [5, 5.41) is 4.44. The van der Waals surface area contributed by atoms with E-state index in [0.717, 1.165) is 45.0 Å². The molecule has 0 unspecified atom stereocenters. The number of anilines is 2. The highest BCUT2D eigenvalue weighted by Crippen LogP contribution is 2.19. The molecule has 1 aliphatic heterocycles. The lowest BCUT2D eigenvalue weighted by molar-refractivity contribution is 0.249. The van der Waals surface area contributed by atoms with E-state index >= 15 is 0 Å². The first-order valence-corrected chi connectivity index (χ1v) is 8.01. The summed E-state index contributed by atoms with van der Waals surface area (Å²) >= 11 is 0. The van der Waals surface area contributed by atoms with Gasteiger partial charge in [-0.3, -0.25) is 9.58 Å². The van der Waals surface area contributed by atoms with Crippen LogP contribution in [0.3, 0.4) is 0 Å². The zero-order chi connectivity index (χ0) is 15.5. The highest BCUT2D eigenvalue weighted by molar-refractivity contribution is 5.53. The number of benzene rings is 1. The number of piperazine rings is 1. The van der Waals surface area contributed by atoms with Crippen molar-refractivity contribution in [2.75, 3.05) is 36.8 Å². The third-order valence-electron chi connectivity index (χ3n) is 4.53. The highest BCUT2D eigenvalue weighted by atomic mass is 15.3. The first kappa shape index (κ1) is 14.9.